The normalized spacial score (nSPS) is 24.3. The molecule has 0 spiro atoms. The van der Waals surface area contributed by atoms with Crippen LogP contribution >= 0.6 is 0 Å². The van der Waals surface area contributed by atoms with E-state index in [4.69, 9.17) is 4.42 Å². The molecule has 1 aromatic carbocycles. The number of fused-ring (bicyclic) bond motifs is 2. The van der Waals surface area contributed by atoms with Crippen molar-refractivity contribution in [2.24, 2.45) is 0 Å². The Morgan fingerprint density at radius 2 is 1.96 bits per heavy atom. The van der Waals surface area contributed by atoms with Gasteiger partial charge in [-0.15, -0.1) is 0 Å². The molecular weight excluding hydrogens is 316 g/mol. The van der Waals surface area contributed by atoms with Gasteiger partial charge in [-0.2, -0.15) is 0 Å². The van der Waals surface area contributed by atoms with Crippen LogP contribution in [-0.4, -0.2) is 47.3 Å². The highest BCUT2D eigenvalue weighted by molar-refractivity contribution is 5.98. The first-order valence-corrected chi connectivity index (χ1v) is 9.11. The molecular formula is C20H24N2O3. The van der Waals surface area contributed by atoms with Gasteiger partial charge in [-0.25, -0.2) is 0 Å². The molecule has 2 aromatic rings. The number of nitrogens with zero attached hydrogens (tertiary/aromatic N) is 2. The summed E-state index contributed by atoms with van der Waals surface area (Å²) in [7, 11) is 1.89. The molecule has 0 radical (unpaired) electrons. The second-order valence-corrected chi connectivity index (χ2v) is 7.28. The van der Waals surface area contributed by atoms with Gasteiger partial charge in [0, 0.05) is 31.0 Å². The highest BCUT2D eigenvalue weighted by Gasteiger charge is 2.39. The molecule has 5 heteroatoms. The van der Waals surface area contributed by atoms with Crippen LogP contribution in [0.25, 0.3) is 11.0 Å². The highest BCUT2D eigenvalue weighted by atomic mass is 16.3. The standard InChI is InChI=1S/C20H24N2O3/c1-13-11-15-12-14(8-9-18(15)25-13)20(24)22-10-4-6-16-17(22)5-3-7-19(23)21(16)2/h8-9,11-12,16-17H,3-7,10H2,1-2H3/t16-,17-/m1/s1. The number of hydrogen-bond acceptors (Lipinski definition) is 3. The number of benzene rings is 1. The SMILES string of the molecule is Cc1cc2cc(C(=O)N3CCC[C@@H]4[C@H]3CCCC(=O)N4C)ccc2o1. The molecule has 132 valence electrons. The number of amides is 2. The zero-order chi connectivity index (χ0) is 17.6. The Balaban J connectivity index is 1.64. The zero-order valence-electron chi connectivity index (χ0n) is 14.8. The van der Waals surface area contributed by atoms with E-state index in [1.54, 1.807) is 0 Å². The average Bonchev–Trinajstić information content (AvgIpc) is 2.92. The molecule has 0 N–H and O–H groups in total. The first-order chi connectivity index (χ1) is 12.0. The molecule has 0 bridgehead atoms. The van der Waals surface area contributed by atoms with E-state index in [0.29, 0.717) is 12.0 Å². The lowest BCUT2D eigenvalue weighted by atomic mass is 9.92. The molecule has 4 rings (SSSR count). The van der Waals surface area contributed by atoms with E-state index in [9.17, 15) is 9.59 Å². The fraction of sp³-hybridized carbons (Fsp3) is 0.500. The molecule has 2 aliphatic rings. The Hall–Kier alpha value is -2.30. The third-order valence-corrected chi connectivity index (χ3v) is 5.67. The lowest BCUT2D eigenvalue weighted by molar-refractivity contribution is -0.132. The summed E-state index contributed by atoms with van der Waals surface area (Å²) in [4.78, 5) is 29.2. The van der Waals surface area contributed by atoms with E-state index in [2.05, 4.69) is 0 Å². The molecule has 0 aliphatic carbocycles. The van der Waals surface area contributed by atoms with E-state index < -0.39 is 0 Å². The Kier molecular flexibility index (Phi) is 4.02. The summed E-state index contributed by atoms with van der Waals surface area (Å²) in [6, 6.07) is 7.88. The highest BCUT2D eigenvalue weighted by Crippen LogP contribution is 2.31. The van der Waals surface area contributed by atoms with Crippen LogP contribution in [0.5, 0.6) is 0 Å². The minimum Gasteiger partial charge on any atom is -0.461 e. The second kappa shape index (κ2) is 6.21. The van der Waals surface area contributed by atoms with Crippen molar-refractivity contribution in [3.8, 4) is 0 Å². The van der Waals surface area contributed by atoms with Crippen LogP contribution in [0.2, 0.25) is 0 Å². The number of piperidine rings is 1. The lowest BCUT2D eigenvalue weighted by Crippen LogP contribution is -2.56. The van der Waals surface area contributed by atoms with Gasteiger partial charge in [0.15, 0.2) is 0 Å². The van der Waals surface area contributed by atoms with Gasteiger partial charge in [0.05, 0.1) is 12.1 Å². The number of hydrogen-bond donors (Lipinski definition) is 0. The third kappa shape index (κ3) is 2.81. The minimum atomic E-state index is 0.0678. The van der Waals surface area contributed by atoms with Crippen molar-refractivity contribution >= 4 is 22.8 Å². The Labute approximate surface area is 147 Å². The monoisotopic (exact) mass is 340 g/mol. The molecule has 0 unspecified atom stereocenters. The van der Waals surface area contributed by atoms with Crippen LogP contribution in [0.4, 0.5) is 0 Å². The summed E-state index contributed by atoms with van der Waals surface area (Å²) in [6.45, 7) is 2.68. The molecule has 3 heterocycles. The van der Waals surface area contributed by atoms with Crippen LogP contribution in [-0.2, 0) is 4.79 Å². The van der Waals surface area contributed by atoms with Gasteiger partial charge in [-0.1, -0.05) is 0 Å². The number of likely N-dealkylation sites (N-methyl/N-ethyl adjacent to an activating group) is 1. The third-order valence-electron chi connectivity index (χ3n) is 5.67. The predicted molar refractivity (Wildman–Crippen MR) is 95.4 cm³/mol. The van der Waals surface area contributed by atoms with Crippen LogP contribution in [0.1, 0.15) is 48.2 Å². The number of aryl methyl sites for hydroxylation is 1. The van der Waals surface area contributed by atoms with Crippen molar-refractivity contribution in [2.45, 2.75) is 51.1 Å². The predicted octanol–water partition coefficient (Wildman–Crippen LogP) is 3.36. The van der Waals surface area contributed by atoms with Gasteiger partial charge in [-0.3, -0.25) is 9.59 Å². The number of carbonyl (C=O) groups is 2. The van der Waals surface area contributed by atoms with E-state index in [0.717, 1.165) is 49.0 Å². The molecule has 25 heavy (non-hydrogen) atoms. The summed E-state index contributed by atoms with van der Waals surface area (Å²) in [5.74, 6) is 1.12. The van der Waals surface area contributed by atoms with Gasteiger partial charge in [-0.05, 0) is 56.9 Å². The average molecular weight is 340 g/mol. The topological polar surface area (TPSA) is 53.8 Å². The maximum Gasteiger partial charge on any atom is 0.254 e. The van der Waals surface area contributed by atoms with Gasteiger partial charge in [0.2, 0.25) is 5.91 Å². The lowest BCUT2D eigenvalue weighted by Gasteiger charge is -2.43. The summed E-state index contributed by atoms with van der Waals surface area (Å²) in [5, 5.41) is 0.963. The smallest absolute Gasteiger partial charge is 0.254 e. The van der Waals surface area contributed by atoms with Gasteiger partial charge in [0.1, 0.15) is 11.3 Å². The molecule has 2 amide bonds. The number of furan rings is 1. The van der Waals surface area contributed by atoms with Crippen molar-refractivity contribution in [3.63, 3.8) is 0 Å². The van der Waals surface area contributed by atoms with Crippen molar-refractivity contribution in [2.75, 3.05) is 13.6 Å². The van der Waals surface area contributed by atoms with E-state index in [1.165, 1.54) is 0 Å². The zero-order valence-corrected chi connectivity index (χ0v) is 14.8. The van der Waals surface area contributed by atoms with Crippen LogP contribution < -0.4 is 0 Å². The van der Waals surface area contributed by atoms with Gasteiger partial charge >= 0.3 is 0 Å². The Morgan fingerprint density at radius 3 is 2.80 bits per heavy atom. The first-order valence-electron chi connectivity index (χ1n) is 9.11. The van der Waals surface area contributed by atoms with Crippen LogP contribution in [0.3, 0.4) is 0 Å². The second-order valence-electron chi connectivity index (χ2n) is 7.28. The fourth-order valence-electron chi connectivity index (χ4n) is 4.39. The molecule has 2 saturated heterocycles. The summed E-state index contributed by atoms with van der Waals surface area (Å²) >= 11 is 0. The van der Waals surface area contributed by atoms with Gasteiger partial charge in [0.25, 0.3) is 5.91 Å². The largest absolute Gasteiger partial charge is 0.461 e. The minimum absolute atomic E-state index is 0.0678. The van der Waals surface area contributed by atoms with Crippen LogP contribution in [0, 0.1) is 6.92 Å². The van der Waals surface area contributed by atoms with Crippen LogP contribution in [0.15, 0.2) is 28.7 Å². The molecule has 2 fully saturated rings. The fourth-order valence-corrected chi connectivity index (χ4v) is 4.39. The Bertz CT molecular complexity index is 825. The summed E-state index contributed by atoms with van der Waals surface area (Å²) in [6.07, 6.45) is 4.27. The van der Waals surface area contributed by atoms with E-state index >= 15 is 0 Å². The molecule has 5 nitrogen and oxygen atoms in total. The molecule has 2 atom stereocenters. The van der Waals surface area contributed by atoms with E-state index in [-0.39, 0.29) is 23.9 Å². The first kappa shape index (κ1) is 16.2. The summed E-state index contributed by atoms with van der Waals surface area (Å²) < 4.78 is 5.61. The maximum absolute atomic E-state index is 13.2. The number of carbonyl (C=O) groups excluding carboxylic acids is 2. The molecule has 2 aliphatic heterocycles. The quantitative estimate of drug-likeness (QED) is 0.800. The summed E-state index contributed by atoms with van der Waals surface area (Å²) in [5.41, 5.74) is 1.51. The maximum atomic E-state index is 13.2. The molecule has 1 aromatic heterocycles. The van der Waals surface area contributed by atoms with Crippen molar-refractivity contribution < 1.29 is 14.0 Å². The molecule has 0 saturated carbocycles. The Morgan fingerprint density at radius 1 is 1.16 bits per heavy atom. The van der Waals surface area contributed by atoms with Crippen molar-refractivity contribution in [1.29, 1.82) is 0 Å². The van der Waals surface area contributed by atoms with Crippen molar-refractivity contribution in [1.82, 2.24) is 9.80 Å². The van der Waals surface area contributed by atoms with Crippen molar-refractivity contribution in [3.05, 3.63) is 35.6 Å². The number of likely N-dealkylation sites (tertiary alicyclic amines) is 2. The van der Waals surface area contributed by atoms with Gasteiger partial charge < -0.3 is 14.2 Å². The number of rotatable bonds is 1. The van der Waals surface area contributed by atoms with E-state index in [1.807, 2.05) is 48.0 Å².